The molecule has 0 aliphatic heterocycles. The van der Waals surface area contributed by atoms with E-state index in [0.717, 1.165) is 18.5 Å². The highest BCUT2D eigenvalue weighted by Gasteiger charge is 2.21. The largest absolute Gasteiger partial charge is 0.367 e. The number of sulfonamides is 1. The zero-order valence-corrected chi connectivity index (χ0v) is 15.9. The Hall–Kier alpha value is -1.45. The van der Waals surface area contributed by atoms with Crippen molar-refractivity contribution in [2.75, 3.05) is 18.4 Å². The average Bonchev–Trinajstić information content (AvgIpc) is 3.19. The van der Waals surface area contributed by atoms with Crippen LogP contribution in [0.3, 0.4) is 0 Å². The number of nitrogens with one attached hydrogen (secondary N) is 2. The molecule has 0 unspecified atom stereocenters. The van der Waals surface area contributed by atoms with Gasteiger partial charge in [-0.3, -0.25) is 0 Å². The van der Waals surface area contributed by atoms with Crippen molar-refractivity contribution in [1.29, 1.82) is 0 Å². The maximum Gasteiger partial charge on any atom is 0.226 e. The first-order valence-corrected chi connectivity index (χ1v) is 10.4. The van der Waals surface area contributed by atoms with Gasteiger partial charge in [-0.25, -0.2) is 18.1 Å². The molecule has 1 aliphatic rings. The predicted molar refractivity (Wildman–Crippen MR) is 98.4 cm³/mol. The highest BCUT2D eigenvalue weighted by molar-refractivity contribution is 7.90. The van der Waals surface area contributed by atoms with Crippen LogP contribution in [0.1, 0.15) is 45.6 Å². The van der Waals surface area contributed by atoms with Gasteiger partial charge in [-0.2, -0.15) is 9.97 Å². The van der Waals surface area contributed by atoms with E-state index in [1.54, 1.807) is 20.2 Å². The van der Waals surface area contributed by atoms with E-state index < -0.39 is 15.3 Å². The van der Waals surface area contributed by atoms with E-state index in [1.165, 1.54) is 12.8 Å². The summed E-state index contributed by atoms with van der Waals surface area (Å²) in [5, 5.41) is 2.79. The summed E-state index contributed by atoms with van der Waals surface area (Å²) in [5.74, 6) is 0.524. The molecule has 8 nitrogen and oxygen atoms in total. The van der Waals surface area contributed by atoms with Gasteiger partial charge in [-0.1, -0.05) is 12.8 Å². The molecule has 0 bridgehead atoms. The standard InChI is InChI=1S/C15H23ClN6O2S/c1-10(2)25(23,24)19-8-7-17-13-12-14(21-15(16)20-13)22(9-18-12)11-5-3-4-6-11/h9-11,19H,3-8H2,1-2H3,(H,17,20,21). The number of hydrogen-bond donors (Lipinski definition) is 2. The lowest BCUT2D eigenvalue weighted by atomic mass is 10.2. The van der Waals surface area contributed by atoms with Crippen LogP contribution >= 0.6 is 11.6 Å². The molecule has 1 fully saturated rings. The molecule has 0 amide bonds. The number of rotatable bonds is 7. The lowest BCUT2D eigenvalue weighted by Gasteiger charge is -2.12. The summed E-state index contributed by atoms with van der Waals surface area (Å²) in [6, 6.07) is 0.404. The molecule has 10 heteroatoms. The fourth-order valence-corrected chi connectivity index (χ4v) is 3.89. The Bertz CT molecular complexity index is 845. The molecule has 0 radical (unpaired) electrons. The maximum atomic E-state index is 11.8. The molecule has 2 heterocycles. The van der Waals surface area contributed by atoms with Crippen molar-refractivity contribution in [3.05, 3.63) is 11.6 Å². The van der Waals surface area contributed by atoms with Crippen LogP contribution in [-0.4, -0.2) is 46.3 Å². The Morgan fingerprint density at radius 2 is 2.00 bits per heavy atom. The monoisotopic (exact) mass is 386 g/mol. The molecule has 2 aromatic heterocycles. The zero-order valence-electron chi connectivity index (χ0n) is 14.4. The van der Waals surface area contributed by atoms with Crippen LogP contribution in [0.4, 0.5) is 5.82 Å². The van der Waals surface area contributed by atoms with E-state index >= 15 is 0 Å². The smallest absolute Gasteiger partial charge is 0.226 e. The minimum atomic E-state index is -3.28. The van der Waals surface area contributed by atoms with Gasteiger partial charge in [0.2, 0.25) is 15.3 Å². The molecular formula is C15H23ClN6O2S. The highest BCUT2D eigenvalue weighted by Crippen LogP contribution is 2.32. The Balaban J connectivity index is 1.73. The van der Waals surface area contributed by atoms with Crippen molar-refractivity contribution in [2.45, 2.75) is 50.8 Å². The van der Waals surface area contributed by atoms with Crippen LogP contribution in [-0.2, 0) is 10.0 Å². The first-order valence-electron chi connectivity index (χ1n) is 8.51. The highest BCUT2D eigenvalue weighted by atomic mass is 35.5. The third-order valence-electron chi connectivity index (χ3n) is 4.45. The fraction of sp³-hybridized carbons (Fsp3) is 0.667. The Morgan fingerprint density at radius 3 is 2.68 bits per heavy atom. The summed E-state index contributed by atoms with van der Waals surface area (Å²) in [7, 11) is -3.28. The number of anilines is 1. The van der Waals surface area contributed by atoms with Crippen LogP contribution in [0.25, 0.3) is 11.2 Å². The average molecular weight is 387 g/mol. The molecule has 2 N–H and O–H groups in total. The first kappa shape index (κ1) is 18.3. The summed E-state index contributed by atoms with van der Waals surface area (Å²) in [4.78, 5) is 13.0. The van der Waals surface area contributed by atoms with E-state index in [2.05, 4.69) is 29.6 Å². The van der Waals surface area contributed by atoms with E-state index in [1.807, 2.05) is 0 Å². The number of imidazole rings is 1. The van der Waals surface area contributed by atoms with E-state index in [-0.39, 0.29) is 11.8 Å². The summed E-state index contributed by atoms with van der Waals surface area (Å²) in [6.07, 6.45) is 6.45. The first-order chi connectivity index (χ1) is 11.9. The van der Waals surface area contributed by atoms with Gasteiger partial charge >= 0.3 is 0 Å². The summed E-state index contributed by atoms with van der Waals surface area (Å²) >= 11 is 6.07. The number of aromatic nitrogens is 4. The SMILES string of the molecule is CC(C)S(=O)(=O)NCCNc1nc(Cl)nc2c1ncn2C1CCCC1. The number of hydrogen-bond acceptors (Lipinski definition) is 6. The summed E-state index contributed by atoms with van der Waals surface area (Å²) in [5.41, 5.74) is 1.38. The molecule has 138 valence electrons. The molecule has 1 saturated carbocycles. The number of nitrogens with zero attached hydrogens (tertiary/aromatic N) is 4. The van der Waals surface area contributed by atoms with Gasteiger partial charge in [0.25, 0.3) is 0 Å². The third-order valence-corrected chi connectivity index (χ3v) is 6.47. The number of fused-ring (bicyclic) bond motifs is 1. The molecule has 25 heavy (non-hydrogen) atoms. The number of halogens is 1. The minimum absolute atomic E-state index is 0.150. The van der Waals surface area contributed by atoms with Crippen molar-refractivity contribution in [2.24, 2.45) is 0 Å². The molecule has 1 aliphatic carbocycles. The van der Waals surface area contributed by atoms with E-state index in [4.69, 9.17) is 11.6 Å². The summed E-state index contributed by atoms with van der Waals surface area (Å²) < 4.78 is 28.1. The second-order valence-corrected chi connectivity index (χ2v) is 9.18. The van der Waals surface area contributed by atoms with Gasteiger partial charge in [-0.15, -0.1) is 0 Å². The Labute approximate surface area is 152 Å². The van der Waals surface area contributed by atoms with Gasteiger partial charge in [-0.05, 0) is 38.3 Å². The van der Waals surface area contributed by atoms with E-state index in [0.29, 0.717) is 23.9 Å². The topological polar surface area (TPSA) is 102 Å². The zero-order chi connectivity index (χ0) is 18.0. The van der Waals surface area contributed by atoms with Crippen molar-refractivity contribution in [3.63, 3.8) is 0 Å². The maximum absolute atomic E-state index is 11.8. The van der Waals surface area contributed by atoms with Crippen LogP contribution in [0.5, 0.6) is 0 Å². The molecule has 0 spiro atoms. The molecule has 2 aromatic rings. The van der Waals surface area contributed by atoms with Crippen molar-refractivity contribution in [3.8, 4) is 0 Å². The van der Waals surface area contributed by atoms with Gasteiger partial charge in [0.05, 0.1) is 11.6 Å². The minimum Gasteiger partial charge on any atom is -0.367 e. The lowest BCUT2D eigenvalue weighted by molar-refractivity contribution is 0.529. The van der Waals surface area contributed by atoms with Crippen LogP contribution in [0, 0.1) is 0 Å². The fourth-order valence-electron chi connectivity index (χ4n) is 3.00. The predicted octanol–water partition coefficient (Wildman–Crippen LogP) is 2.33. The Kier molecular flexibility index (Phi) is 5.45. The second kappa shape index (κ2) is 7.43. The molecule has 0 saturated heterocycles. The van der Waals surface area contributed by atoms with Gasteiger partial charge in [0.1, 0.15) is 0 Å². The molecular weight excluding hydrogens is 364 g/mol. The van der Waals surface area contributed by atoms with Crippen LogP contribution in [0.2, 0.25) is 5.28 Å². The van der Waals surface area contributed by atoms with Gasteiger partial charge in [0, 0.05) is 19.1 Å². The molecule has 0 atom stereocenters. The van der Waals surface area contributed by atoms with Crippen molar-refractivity contribution < 1.29 is 8.42 Å². The normalized spacial score (nSPS) is 16.2. The van der Waals surface area contributed by atoms with E-state index in [9.17, 15) is 8.42 Å². The summed E-state index contributed by atoms with van der Waals surface area (Å²) in [6.45, 7) is 3.91. The molecule has 3 rings (SSSR count). The van der Waals surface area contributed by atoms with Crippen molar-refractivity contribution >= 4 is 38.6 Å². The van der Waals surface area contributed by atoms with Gasteiger partial charge in [0.15, 0.2) is 17.0 Å². The van der Waals surface area contributed by atoms with Gasteiger partial charge < -0.3 is 9.88 Å². The van der Waals surface area contributed by atoms with Crippen LogP contribution in [0.15, 0.2) is 6.33 Å². The third kappa shape index (κ3) is 4.04. The Morgan fingerprint density at radius 1 is 1.28 bits per heavy atom. The van der Waals surface area contributed by atoms with Crippen molar-refractivity contribution in [1.82, 2.24) is 24.2 Å². The lowest BCUT2D eigenvalue weighted by Crippen LogP contribution is -2.34. The molecule has 0 aromatic carbocycles. The van der Waals surface area contributed by atoms with Crippen LogP contribution < -0.4 is 10.0 Å². The quantitative estimate of drug-likeness (QED) is 0.559. The second-order valence-electron chi connectivity index (χ2n) is 6.52.